The second-order valence-electron chi connectivity index (χ2n) is 6.21. The number of ether oxygens (including phenoxy) is 2. The monoisotopic (exact) mass is 447 g/mol. The fourth-order valence-electron chi connectivity index (χ4n) is 2.52. The molecule has 0 bridgehead atoms. The maximum Gasteiger partial charge on any atom is 0.407 e. The number of nitrogens with one attached hydrogen (secondary N) is 1. The van der Waals surface area contributed by atoms with Gasteiger partial charge in [0.15, 0.2) is 0 Å². The van der Waals surface area contributed by atoms with Crippen LogP contribution in [-0.4, -0.2) is 24.8 Å². The summed E-state index contributed by atoms with van der Waals surface area (Å²) in [5, 5.41) is 2.87. The van der Waals surface area contributed by atoms with Crippen molar-refractivity contribution in [3.63, 3.8) is 0 Å². The summed E-state index contributed by atoms with van der Waals surface area (Å²) in [4.78, 5) is 11.2. The summed E-state index contributed by atoms with van der Waals surface area (Å²) in [6.45, 7) is 5.34. The number of halogens is 2. The van der Waals surface area contributed by atoms with Crippen molar-refractivity contribution in [3.05, 3.63) is 26.6 Å². The van der Waals surface area contributed by atoms with Crippen molar-refractivity contribution in [1.82, 2.24) is 5.32 Å². The number of benzene rings is 1. The lowest BCUT2D eigenvalue weighted by Gasteiger charge is -2.21. The maximum absolute atomic E-state index is 11.2. The van der Waals surface area contributed by atoms with Gasteiger partial charge in [-0.25, -0.2) is 4.79 Å². The minimum Gasteiger partial charge on any atom is -0.491 e. The van der Waals surface area contributed by atoms with Crippen molar-refractivity contribution in [1.29, 1.82) is 0 Å². The molecule has 0 aromatic heterocycles. The van der Waals surface area contributed by atoms with Crippen LogP contribution in [-0.2, 0) is 11.2 Å². The highest BCUT2D eigenvalue weighted by atomic mass is 79.9. The number of carbonyl (C=O) groups excluding carboxylic acids is 1. The van der Waals surface area contributed by atoms with Crippen molar-refractivity contribution < 1.29 is 14.3 Å². The molecule has 128 valence electrons. The van der Waals surface area contributed by atoms with E-state index in [1.807, 2.05) is 6.92 Å². The molecule has 1 aliphatic heterocycles. The van der Waals surface area contributed by atoms with Gasteiger partial charge in [-0.15, -0.1) is 0 Å². The molecule has 0 spiro atoms. The van der Waals surface area contributed by atoms with Crippen LogP contribution >= 0.6 is 31.9 Å². The number of hydrogen-bond acceptors (Lipinski definition) is 3. The Labute approximate surface area is 154 Å². The lowest BCUT2D eigenvalue weighted by molar-refractivity contribution is 0.172. The zero-order valence-corrected chi connectivity index (χ0v) is 16.8. The van der Waals surface area contributed by atoms with E-state index in [1.165, 1.54) is 18.4 Å². The van der Waals surface area contributed by atoms with E-state index in [2.05, 4.69) is 56.2 Å². The van der Waals surface area contributed by atoms with Gasteiger partial charge < -0.3 is 14.8 Å². The number of alkyl carbamates (subject to hydrolysis) is 1. The van der Waals surface area contributed by atoms with Crippen LogP contribution in [0.4, 0.5) is 4.79 Å². The molecule has 0 radical (unpaired) electrons. The van der Waals surface area contributed by atoms with Crippen molar-refractivity contribution >= 4 is 38.0 Å². The lowest BCUT2D eigenvalue weighted by atomic mass is 9.95. The second-order valence-corrected chi connectivity index (χ2v) is 7.91. The van der Waals surface area contributed by atoms with Crippen LogP contribution in [0.25, 0.3) is 0 Å². The number of aryl methyl sites for hydroxylation is 1. The van der Waals surface area contributed by atoms with Gasteiger partial charge in [0.05, 0.1) is 21.1 Å². The first-order valence-corrected chi connectivity index (χ1v) is 9.58. The molecule has 1 atom stereocenters. The average Bonchev–Trinajstić information content (AvgIpc) is 2.84. The largest absolute Gasteiger partial charge is 0.491 e. The van der Waals surface area contributed by atoms with Gasteiger partial charge in [-0.1, -0.05) is 19.8 Å². The van der Waals surface area contributed by atoms with Crippen LogP contribution in [0.2, 0.25) is 0 Å². The van der Waals surface area contributed by atoms with Gasteiger partial charge in [-0.2, -0.15) is 0 Å². The molecule has 1 fully saturated rings. The Kier molecular flexibility index (Phi) is 6.77. The van der Waals surface area contributed by atoms with Gasteiger partial charge >= 0.3 is 6.09 Å². The van der Waals surface area contributed by atoms with Crippen LogP contribution < -0.4 is 10.1 Å². The van der Waals surface area contributed by atoms with Crippen molar-refractivity contribution in [2.75, 3.05) is 13.2 Å². The molecule has 0 saturated carbocycles. The quantitative estimate of drug-likeness (QED) is 0.555. The van der Waals surface area contributed by atoms with Crippen LogP contribution in [0.1, 0.15) is 45.1 Å². The molecular formula is C17H23Br2NO3. The van der Waals surface area contributed by atoms with Crippen molar-refractivity contribution in [2.45, 2.75) is 51.5 Å². The number of cyclic esters (lactones) is 1. The highest BCUT2D eigenvalue weighted by Gasteiger charge is 2.34. The molecule has 0 aliphatic carbocycles. The van der Waals surface area contributed by atoms with Gasteiger partial charge in [0.25, 0.3) is 0 Å². The van der Waals surface area contributed by atoms with E-state index < -0.39 is 0 Å². The summed E-state index contributed by atoms with van der Waals surface area (Å²) in [7, 11) is 0. The van der Waals surface area contributed by atoms with Crippen LogP contribution in [0, 0.1) is 0 Å². The Morgan fingerprint density at radius 2 is 2.00 bits per heavy atom. The minimum absolute atomic E-state index is 0.286. The smallest absolute Gasteiger partial charge is 0.407 e. The van der Waals surface area contributed by atoms with Crippen LogP contribution in [0.3, 0.4) is 0 Å². The third-order valence-electron chi connectivity index (χ3n) is 3.94. The first-order valence-electron chi connectivity index (χ1n) is 7.99. The number of hydrogen-bond donors (Lipinski definition) is 1. The molecule has 1 aliphatic rings. The predicted octanol–water partition coefficient (Wildman–Crippen LogP) is 5.21. The number of rotatable bonds is 8. The summed E-state index contributed by atoms with van der Waals surface area (Å²) in [6, 6.07) is 4.17. The first-order chi connectivity index (χ1) is 10.9. The Hall–Kier alpha value is -0.750. The Balaban J connectivity index is 1.95. The van der Waals surface area contributed by atoms with Gasteiger partial charge in [0, 0.05) is 0 Å². The molecule has 4 nitrogen and oxygen atoms in total. The Bertz CT molecular complexity index is 542. The van der Waals surface area contributed by atoms with Gasteiger partial charge in [0.2, 0.25) is 0 Å². The summed E-state index contributed by atoms with van der Waals surface area (Å²) in [6.07, 6.45) is 4.78. The third kappa shape index (κ3) is 5.38. The van der Waals surface area contributed by atoms with E-state index in [1.54, 1.807) is 0 Å². The fraction of sp³-hybridized carbons (Fsp3) is 0.588. The highest BCUT2D eigenvalue weighted by Crippen LogP contribution is 2.35. The molecule has 2 rings (SSSR count). The summed E-state index contributed by atoms with van der Waals surface area (Å²) >= 11 is 7.19. The van der Waals surface area contributed by atoms with Crippen LogP contribution in [0.15, 0.2) is 21.1 Å². The molecule has 1 aromatic carbocycles. The standard InChI is InChI=1S/C17H23Br2NO3/c1-3-4-5-8-22-15-13(18)9-12(10-14(15)19)6-7-17(2)11-23-16(21)20-17/h9-10H,3-8,11H2,1-2H3,(H,20,21)/t17-/m1/s1. The van der Waals surface area contributed by atoms with E-state index in [0.29, 0.717) is 6.61 Å². The topological polar surface area (TPSA) is 47.6 Å². The lowest BCUT2D eigenvalue weighted by Crippen LogP contribution is -2.40. The number of unbranched alkanes of at least 4 members (excludes halogenated alkanes) is 2. The van der Waals surface area contributed by atoms with E-state index in [0.717, 1.165) is 40.6 Å². The maximum atomic E-state index is 11.2. The molecule has 6 heteroatoms. The van der Waals surface area contributed by atoms with Gasteiger partial charge in [-0.3, -0.25) is 0 Å². The van der Waals surface area contributed by atoms with E-state index >= 15 is 0 Å². The summed E-state index contributed by atoms with van der Waals surface area (Å²) in [5.74, 6) is 0.855. The number of amides is 1. The van der Waals surface area contributed by atoms with Crippen molar-refractivity contribution in [2.24, 2.45) is 0 Å². The zero-order chi connectivity index (χ0) is 16.9. The highest BCUT2D eigenvalue weighted by molar-refractivity contribution is 9.11. The molecule has 1 amide bonds. The van der Waals surface area contributed by atoms with E-state index in [4.69, 9.17) is 9.47 Å². The Morgan fingerprint density at radius 1 is 1.30 bits per heavy atom. The molecule has 1 aromatic rings. The number of carbonyl (C=O) groups is 1. The molecule has 23 heavy (non-hydrogen) atoms. The normalized spacial score (nSPS) is 20.3. The van der Waals surface area contributed by atoms with Crippen LogP contribution in [0.5, 0.6) is 5.75 Å². The predicted molar refractivity (Wildman–Crippen MR) is 98.1 cm³/mol. The van der Waals surface area contributed by atoms with Gasteiger partial charge in [0.1, 0.15) is 12.4 Å². The minimum atomic E-state index is -0.328. The summed E-state index contributed by atoms with van der Waals surface area (Å²) < 4.78 is 12.8. The summed E-state index contributed by atoms with van der Waals surface area (Å²) in [5.41, 5.74) is 0.901. The van der Waals surface area contributed by atoms with E-state index in [-0.39, 0.29) is 11.6 Å². The third-order valence-corrected chi connectivity index (χ3v) is 5.12. The average molecular weight is 449 g/mol. The molecule has 0 unspecified atom stereocenters. The van der Waals surface area contributed by atoms with Gasteiger partial charge in [-0.05, 0) is 75.7 Å². The Morgan fingerprint density at radius 3 is 2.57 bits per heavy atom. The molecule has 1 heterocycles. The second kappa shape index (κ2) is 8.38. The molecular weight excluding hydrogens is 426 g/mol. The first kappa shape index (κ1) is 18.6. The van der Waals surface area contributed by atoms with E-state index in [9.17, 15) is 4.79 Å². The molecule has 1 saturated heterocycles. The molecule has 1 N–H and O–H groups in total. The van der Waals surface area contributed by atoms with Crippen molar-refractivity contribution in [3.8, 4) is 5.75 Å². The zero-order valence-electron chi connectivity index (χ0n) is 13.6. The SMILES string of the molecule is CCCCCOc1c(Br)cc(CC[C@]2(C)COC(=O)N2)cc1Br. The fourth-order valence-corrected chi connectivity index (χ4v) is 4.03.